The molecule has 7 nitrogen and oxygen atoms in total. The zero-order valence-electron chi connectivity index (χ0n) is 12.3. The normalized spacial score (nSPS) is 19.4. The summed E-state index contributed by atoms with van der Waals surface area (Å²) in [6, 6.07) is -0.634. The van der Waals surface area contributed by atoms with Gasteiger partial charge in [0.15, 0.2) is 0 Å². The van der Waals surface area contributed by atoms with Crippen molar-refractivity contribution in [1.29, 1.82) is 0 Å². The molecule has 1 unspecified atom stereocenters. The second-order valence-electron chi connectivity index (χ2n) is 5.27. The second-order valence-corrected chi connectivity index (χ2v) is 5.27. The molecule has 0 spiro atoms. The molecule has 0 aromatic rings. The van der Waals surface area contributed by atoms with Gasteiger partial charge in [-0.05, 0) is 20.5 Å². The number of rotatable bonds is 8. The Balaban J connectivity index is 2.77. The summed E-state index contributed by atoms with van der Waals surface area (Å²) in [5, 5.41) is 8.97. The Bertz CT molecular complexity index is 384. The lowest BCUT2D eigenvalue weighted by molar-refractivity contribution is -0.141. The maximum atomic E-state index is 12.2. The van der Waals surface area contributed by atoms with E-state index in [2.05, 4.69) is 0 Å². The number of nitrogens with zero attached hydrogens (tertiary/aromatic N) is 3. The first kappa shape index (κ1) is 16.6. The SMILES string of the molecule is CCCN1C(=O)CC(N(CCN(C)C)CC(=O)O)C1=O. The molecule has 20 heavy (non-hydrogen) atoms. The molecule has 0 radical (unpaired) electrons. The van der Waals surface area contributed by atoms with Crippen molar-refractivity contribution in [2.45, 2.75) is 25.8 Å². The van der Waals surface area contributed by atoms with E-state index in [-0.39, 0.29) is 24.8 Å². The molecule has 7 heteroatoms. The number of aliphatic carboxylic acids is 1. The average Bonchev–Trinajstić information content (AvgIpc) is 2.62. The molecule has 1 heterocycles. The molecule has 0 bridgehead atoms. The zero-order chi connectivity index (χ0) is 15.3. The van der Waals surface area contributed by atoms with Crippen LogP contribution in [0.3, 0.4) is 0 Å². The van der Waals surface area contributed by atoms with E-state index in [1.807, 2.05) is 25.9 Å². The van der Waals surface area contributed by atoms with Crippen LogP contribution in [0.1, 0.15) is 19.8 Å². The zero-order valence-corrected chi connectivity index (χ0v) is 12.3. The van der Waals surface area contributed by atoms with Crippen LogP contribution < -0.4 is 0 Å². The molecule has 0 aliphatic carbocycles. The van der Waals surface area contributed by atoms with Crippen LogP contribution in [0.15, 0.2) is 0 Å². The van der Waals surface area contributed by atoms with E-state index in [0.29, 0.717) is 26.1 Å². The highest BCUT2D eigenvalue weighted by molar-refractivity contribution is 6.05. The quantitative estimate of drug-likeness (QED) is 0.604. The van der Waals surface area contributed by atoms with Crippen molar-refractivity contribution in [2.75, 3.05) is 40.3 Å². The molecular formula is C13H23N3O4. The number of likely N-dealkylation sites (N-methyl/N-ethyl adjacent to an activating group) is 1. The average molecular weight is 285 g/mol. The molecule has 1 saturated heterocycles. The van der Waals surface area contributed by atoms with E-state index < -0.39 is 12.0 Å². The van der Waals surface area contributed by atoms with Crippen molar-refractivity contribution < 1.29 is 19.5 Å². The van der Waals surface area contributed by atoms with Gasteiger partial charge in [0.25, 0.3) is 0 Å². The van der Waals surface area contributed by atoms with Gasteiger partial charge in [0.1, 0.15) is 0 Å². The number of carbonyl (C=O) groups is 3. The van der Waals surface area contributed by atoms with Crippen LogP contribution in [0.25, 0.3) is 0 Å². The molecule has 1 atom stereocenters. The lowest BCUT2D eigenvalue weighted by atomic mass is 10.2. The Morgan fingerprint density at radius 1 is 1.35 bits per heavy atom. The highest BCUT2D eigenvalue weighted by Gasteiger charge is 2.41. The summed E-state index contributed by atoms with van der Waals surface area (Å²) in [6.45, 7) is 3.16. The van der Waals surface area contributed by atoms with Gasteiger partial charge in [0.2, 0.25) is 11.8 Å². The predicted molar refractivity (Wildman–Crippen MR) is 73.2 cm³/mol. The fourth-order valence-electron chi connectivity index (χ4n) is 2.26. The van der Waals surface area contributed by atoms with Crippen LogP contribution in [0.4, 0.5) is 0 Å². The fraction of sp³-hybridized carbons (Fsp3) is 0.769. The molecule has 0 aromatic carbocycles. The minimum absolute atomic E-state index is 0.0829. The summed E-state index contributed by atoms with van der Waals surface area (Å²) in [5.41, 5.74) is 0. The van der Waals surface area contributed by atoms with E-state index in [1.54, 1.807) is 4.90 Å². The third kappa shape index (κ3) is 4.28. The summed E-state index contributed by atoms with van der Waals surface area (Å²) in [7, 11) is 3.76. The molecule has 2 amide bonds. The van der Waals surface area contributed by atoms with E-state index in [1.165, 1.54) is 4.90 Å². The van der Waals surface area contributed by atoms with E-state index in [9.17, 15) is 14.4 Å². The van der Waals surface area contributed by atoms with Crippen molar-refractivity contribution in [3.8, 4) is 0 Å². The lowest BCUT2D eigenvalue weighted by Crippen LogP contribution is -2.46. The highest BCUT2D eigenvalue weighted by atomic mass is 16.4. The standard InChI is InChI=1S/C13H23N3O4/c1-4-5-16-11(17)8-10(13(16)20)15(9-12(18)19)7-6-14(2)3/h10H,4-9H2,1-3H3,(H,18,19). The summed E-state index contributed by atoms with van der Waals surface area (Å²) in [6.07, 6.45) is 0.792. The molecule has 0 aromatic heterocycles. The number of carbonyl (C=O) groups excluding carboxylic acids is 2. The second kappa shape index (κ2) is 7.35. The minimum Gasteiger partial charge on any atom is -0.480 e. The van der Waals surface area contributed by atoms with Crippen LogP contribution in [0.2, 0.25) is 0 Å². The summed E-state index contributed by atoms with van der Waals surface area (Å²) < 4.78 is 0. The van der Waals surface area contributed by atoms with Crippen LogP contribution >= 0.6 is 0 Å². The maximum Gasteiger partial charge on any atom is 0.317 e. The smallest absolute Gasteiger partial charge is 0.317 e. The molecule has 1 aliphatic rings. The van der Waals surface area contributed by atoms with E-state index in [0.717, 1.165) is 0 Å². The van der Waals surface area contributed by atoms with Crippen molar-refractivity contribution in [3.05, 3.63) is 0 Å². The fourth-order valence-corrected chi connectivity index (χ4v) is 2.26. The molecule has 1 fully saturated rings. The van der Waals surface area contributed by atoms with Crippen LogP contribution in [-0.2, 0) is 14.4 Å². The largest absolute Gasteiger partial charge is 0.480 e. The summed E-state index contributed by atoms with van der Waals surface area (Å²) >= 11 is 0. The minimum atomic E-state index is -0.988. The van der Waals surface area contributed by atoms with Gasteiger partial charge in [-0.25, -0.2) is 0 Å². The summed E-state index contributed by atoms with van der Waals surface area (Å²) in [5.74, 6) is -1.46. The van der Waals surface area contributed by atoms with Gasteiger partial charge < -0.3 is 10.0 Å². The first-order valence-electron chi connectivity index (χ1n) is 6.81. The monoisotopic (exact) mass is 285 g/mol. The summed E-state index contributed by atoms with van der Waals surface area (Å²) in [4.78, 5) is 39.7. The first-order chi connectivity index (χ1) is 9.36. The number of carboxylic acids is 1. The number of likely N-dealkylation sites (tertiary alicyclic amines) is 1. The van der Waals surface area contributed by atoms with Crippen LogP contribution in [0, 0.1) is 0 Å². The van der Waals surface area contributed by atoms with Crippen molar-refractivity contribution in [1.82, 2.24) is 14.7 Å². The molecule has 114 valence electrons. The number of hydrogen-bond donors (Lipinski definition) is 1. The van der Waals surface area contributed by atoms with Crippen molar-refractivity contribution >= 4 is 17.8 Å². The Morgan fingerprint density at radius 2 is 2.00 bits per heavy atom. The lowest BCUT2D eigenvalue weighted by Gasteiger charge is -2.26. The topological polar surface area (TPSA) is 81.2 Å². The molecule has 0 saturated carbocycles. The van der Waals surface area contributed by atoms with Crippen LogP contribution in [0.5, 0.6) is 0 Å². The van der Waals surface area contributed by atoms with Gasteiger partial charge in [0.05, 0.1) is 19.0 Å². The molecular weight excluding hydrogens is 262 g/mol. The molecule has 1 rings (SSSR count). The third-order valence-corrected chi connectivity index (χ3v) is 3.28. The first-order valence-corrected chi connectivity index (χ1v) is 6.81. The van der Waals surface area contributed by atoms with Gasteiger partial charge >= 0.3 is 5.97 Å². The Kier molecular flexibility index (Phi) is 6.09. The van der Waals surface area contributed by atoms with Gasteiger partial charge in [-0.1, -0.05) is 6.92 Å². The van der Waals surface area contributed by atoms with Crippen molar-refractivity contribution in [3.63, 3.8) is 0 Å². The van der Waals surface area contributed by atoms with E-state index >= 15 is 0 Å². The Hall–Kier alpha value is -1.47. The number of carboxylic acid groups (broad SMARTS) is 1. The number of hydrogen-bond acceptors (Lipinski definition) is 5. The van der Waals surface area contributed by atoms with Gasteiger partial charge in [0, 0.05) is 19.6 Å². The Labute approximate surface area is 119 Å². The van der Waals surface area contributed by atoms with Gasteiger partial charge in [-0.15, -0.1) is 0 Å². The van der Waals surface area contributed by atoms with E-state index in [4.69, 9.17) is 5.11 Å². The number of imide groups is 1. The maximum absolute atomic E-state index is 12.2. The third-order valence-electron chi connectivity index (χ3n) is 3.28. The Morgan fingerprint density at radius 3 is 2.50 bits per heavy atom. The number of amides is 2. The highest BCUT2D eigenvalue weighted by Crippen LogP contribution is 2.19. The molecule has 1 N–H and O–H groups in total. The molecule has 1 aliphatic heterocycles. The van der Waals surface area contributed by atoms with Gasteiger partial charge in [-0.3, -0.25) is 24.2 Å². The predicted octanol–water partition coefficient (Wildman–Crippen LogP) is -0.528. The van der Waals surface area contributed by atoms with Crippen LogP contribution in [-0.4, -0.2) is 83.9 Å². The van der Waals surface area contributed by atoms with Crippen molar-refractivity contribution in [2.24, 2.45) is 0 Å². The van der Waals surface area contributed by atoms with Gasteiger partial charge in [-0.2, -0.15) is 0 Å².